The van der Waals surface area contributed by atoms with Crippen LogP contribution in [0.25, 0.3) is 0 Å². The van der Waals surface area contributed by atoms with Gasteiger partial charge in [0.15, 0.2) is 0 Å². The molecule has 1 saturated heterocycles. The molecule has 0 aliphatic carbocycles. The molecule has 2 N–H and O–H groups in total. The van der Waals surface area contributed by atoms with Crippen molar-refractivity contribution >= 4 is 5.69 Å². The molecule has 0 amide bonds. The van der Waals surface area contributed by atoms with Crippen LogP contribution in [0.1, 0.15) is 18.0 Å². The predicted octanol–water partition coefficient (Wildman–Crippen LogP) is 0.700. The fraction of sp³-hybridized carbons (Fsp3) is 0.500. The van der Waals surface area contributed by atoms with E-state index >= 15 is 0 Å². The van der Waals surface area contributed by atoms with Gasteiger partial charge < -0.3 is 15.0 Å². The van der Waals surface area contributed by atoms with E-state index in [0.29, 0.717) is 12.3 Å². The van der Waals surface area contributed by atoms with Crippen molar-refractivity contribution in [2.75, 3.05) is 18.9 Å². The van der Waals surface area contributed by atoms with E-state index < -0.39 is 0 Å². The third kappa shape index (κ3) is 1.53. The Morgan fingerprint density at radius 2 is 2.43 bits per heavy atom. The molecule has 1 aliphatic heterocycles. The summed E-state index contributed by atoms with van der Waals surface area (Å²) in [6.45, 7) is 3.18. The molecule has 1 atom stereocenters. The van der Waals surface area contributed by atoms with Crippen molar-refractivity contribution in [2.45, 2.75) is 19.4 Å². The summed E-state index contributed by atoms with van der Waals surface area (Å²) < 4.78 is 6.91. The van der Waals surface area contributed by atoms with Crippen molar-refractivity contribution in [1.29, 1.82) is 0 Å². The van der Waals surface area contributed by atoms with Gasteiger partial charge >= 0.3 is 0 Å². The van der Waals surface area contributed by atoms with Crippen LogP contribution in [0.5, 0.6) is 0 Å². The van der Waals surface area contributed by atoms with Crippen LogP contribution in [-0.2, 0) is 4.74 Å². The maximum atomic E-state index is 11.6. The van der Waals surface area contributed by atoms with Gasteiger partial charge in [0.05, 0.1) is 18.3 Å². The van der Waals surface area contributed by atoms with Gasteiger partial charge in [0, 0.05) is 18.9 Å². The smallest absolute Gasteiger partial charge is 0.251 e. The Bertz CT molecular complexity index is 392. The van der Waals surface area contributed by atoms with Crippen LogP contribution in [0.2, 0.25) is 0 Å². The highest BCUT2D eigenvalue weighted by Gasteiger charge is 2.18. The zero-order valence-electron chi connectivity index (χ0n) is 8.19. The number of hydrogen-bond donors (Lipinski definition) is 1. The van der Waals surface area contributed by atoms with Crippen LogP contribution in [0, 0.1) is 6.92 Å². The van der Waals surface area contributed by atoms with Crippen LogP contribution in [0.4, 0.5) is 5.69 Å². The van der Waals surface area contributed by atoms with Crippen molar-refractivity contribution in [3.05, 3.63) is 28.2 Å². The van der Waals surface area contributed by atoms with Crippen LogP contribution in [-0.4, -0.2) is 17.8 Å². The van der Waals surface area contributed by atoms with Gasteiger partial charge in [0.2, 0.25) is 0 Å². The first-order chi connectivity index (χ1) is 6.68. The van der Waals surface area contributed by atoms with E-state index in [-0.39, 0.29) is 11.6 Å². The summed E-state index contributed by atoms with van der Waals surface area (Å²) >= 11 is 0. The fourth-order valence-corrected chi connectivity index (χ4v) is 1.69. The molecule has 1 fully saturated rings. The molecule has 0 saturated carbocycles. The molecule has 1 aliphatic rings. The molecule has 76 valence electrons. The minimum atomic E-state index is 0.00667. The van der Waals surface area contributed by atoms with Gasteiger partial charge in [-0.3, -0.25) is 4.79 Å². The lowest BCUT2D eigenvalue weighted by Crippen LogP contribution is -2.25. The SMILES string of the molecule is Cc1cc(=O)n(C2CCOC2)cc1N. The zero-order chi connectivity index (χ0) is 10.1. The number of anilines is 1. The topological polar surface area (TPSA) is 57.2 Å². The second-order valence-corrected chi connectivity index (χ2v) is 3.67. The van der Waals surface area contributed by atoms with Gasteiger partial charge in [-0.05, 0) is 18.9 Å². The van der Waals surface area contributed by atoms with E-state index in [2.05, 4.69) is 0 Å². The summed E-state index contributed by atoms with van der Waals surface area (Å²) in [6, 6.07) is 1.73. The normalized spacial score (nSPS) is 21.4. The molecule has 4 heteroatoms. The lowest BCUT2D eigenvalue weighted by atomic mass is 10.2. The summed E-state index contributed by atoms with van der Waals surface area (Å²) in [5, 5.41) is 0. The molecule has 1 aromatic heterocycles. The Morgan fingerprint density at radius 3 is 3.07 bits per heavy atom. The molecule has 0 aromatic carbocycles. The van der Waals surface area contributed by atoms with E-state index in [0.717, 1.165) is 18.6 Å². The molecule has 0 radical (unpaired) electrons. The van der Waals surface area contributed by atoms with Crippen LogP contribution >= 0.6 is 0 Å². The number of nitrogen functional groups attached to an aromatic ring is 1. The number of hydrogen-bond acceptors (Lipinski definition) is 3. The van der Waals surface area contributed by atoms with E-state index in [1.807, 2.05) is 6.92 Å². The number of ether oxygens (including phenoxy) is 1. The van der Waals surface area contributed by atoms with Crippen molar-refractivity contribution in [3.63, 3.8) is 0 Å². The van der Waals surface area contributed by atoms with E-state index in [1.165, 1.54) is 0 Å². The Balaban J connectivity index is 2.42. The van der Waals surface area contributed by atoms with Crippen molar-refractivity contribution in [3.8, 4) is 0 Å². The third-order valence-electron chi connectivity index (χ3n) is 2.63. The Labute approximate surface area is 82.3 Å². The quantitative estimate of drug-likeness (QED) is 0.716. The van der Waals surface area contributed by atoms with Gasteiger partial charge in [-0.25, -0.2) is 0 Å². The van der Waals surface area contributed by atoms with Gasteiger partial charge in [-0.15, -0.1) is 0 Å². The van der Waals surface area contributed by atoms with Crippen LogP contribution in [0.15, 0.2) is 17.1 Å². The van der Waals surface area contributed by atoms with Gasteiger partial charge in [0.1, 0.15) is 0 Å². The van der Waals surface area contributed by atoms with E-state index in [4.69, 9.17) is 10.5 Å². The van der Waals surface area contributed by atoms with E-state index in [9.17, 15) is 4.79 Å². The van der Waals surface area contributed by atoms with Gasteiger partial charge in [-0.2, -0.15) is 0 Å². The number of nitrogens with zero attached hydrogens (tertiary/aromatic N) is 1. The molecular formula is C10H14N2O2. The van der Waals surface area contributed by atoms with E-state index in [1.54, 1.807) is 16.8 Å². The lowest BCUT2D eigenvalue weighted by Gasteiger charge is -2.13. The minimum Gasteiger partial charge on any atom is -0.397 e. The molecular weight excluding hydrogens is 180 g/mol. The zero-order valence-corrected chi connectivity index (χ0v) is 8.19. The minimum absolute atomic E-state index is 0.00667. The Hall–Kier alpha value is -1.29. The molecule has 4 nitrogen and oxygen atoms in total. The average molecular weight is 194 g/mol. The lowest BCUT2D eigenvalue weighted by molar-refractivity contribution is 0.186. The van der Waals surface area contributed by atoms with Crippen molar-refractivity contribution in [1.82, 2.24) is 4.57 Å². The standard InChI is InChI=1S/C10H14N2O2/c1-7-4-10(13)12(5-9(7)11)8-2-3-14-6-8/h4-5,8H,2-3,6,11H2,1H3. The molecule has 2 rings (SSSR count). The largest absolute Gasteiger partial charge is 0.397 e. The maximum Gasteiger partial charge on any atom is 0.251 e. The van der Waals surface area contributed by atoms with Crippen molar-refractivity contribution < 1.29 is 4.74 Å². The summed E-state index contributed by atoms with van der Waals surface area (Å²) in [5.41, 5.74) is 7.26. The van der Waals surface area contributed by atoms with Gasteiger partial charge in [-0.1, -0.05) is 0 Å². The van der Waals surface area contributed by atoms with Gasteiger partial charge in [0.25, 0.3) is 5.56 Å². The Morgan fingerprint density at radius 1 is 1.64 bits per heavy atom. The first-order valence-electron chi connectivity index (χ1n) is 4.74. The second-order valence-electron chi connectivity index (χ2n) is 3.67. The molecule has 2 heterocycles. The van der Waals surface area contributed by atoms with Crippen LogP contribution in [0.3, 0.4) is 0 Å². The fourth-order valence-electron chi connectivity index (χ4n) is 1.69. The highest BCUT2D eigenvalue weighted by Crippen LogP contribution is 2.18. The first-order valence-corrected chi connectivity index (χ1v) is 4.74. The average Bonchev–Trinajstić information content (AvgIpc) is 2.64. The Kier molecular flexibility index (Phi) is 2.29. The molecule has 0 bridgehead atoms. The monoisotopic (exact) mass is 194 g/mol. The second kappa shape index (κ2) is 3.46. The number of nitrogens with two attached hydrogens (primary N) is 1. The molecule has 1 unspecified atom stereocenters. The number of aromatic nitrogens is 1. The first kappa shape index (κ1) is 9.27. The summed E-state index contributed by atoms with van der Waals surface area (Å²) in [4.78, 5) is 11.6. The number of pyridine rings is 1. The summed E-state index contributed by atoms with van der Waals surface area (Å²) in [5.74, 6) is 0. The number of rotatable bonds is 1. The maximum absolute atomic E-state index is 11.6. The third-order valence-corrected chi connectivity index (χ3v) is 2.63. The highest BCUT2D eigenvalue weighted by atomic mass is 16.5. The molecule has 0 spiro atoms. The highest BCUT2D eigenvalue weighted by molar-refractivity contribution is 5.43. The predicted molar refractivity (Wildman–Crippen MR) is 54.3 cm³/mol. The summed E-state index contributed by atoms with van der Waals surface area (Å²) in [6.07, 6.45) is 2.61. The summed E-state index contributed by atoms with van der Waals surface area (Å²) in [7, 11) is 0. The van der Waals surface area contributed by atoms with Crippen molar-refractivity contribution in [2.24, 2.45) is 0 Å². The number of aryl methyl sites for hydroxylation is 1. The molecule has 1 aromatic rings. The van der Waals surface area contributed by atoms with Crippen LogP contribution < -0.4 is 11.3 Å². The molecule has 14 heavy (non-hydrogen) atoms.